The minimum Gasteiger partial charge on any atom is -0.378 e. The van der Waals surface area contributed by atoms with Gasteiger partial charge in [-0.15, -0.1) is 0 Å². The summed E-state index contributed by atoms with van der Waals surface area (Å²) in [4.78, 5) is 0. The van der Waals surface area contributed by atoms with Crippen molar-refractivity contribution in [3.8, 4) is 0 Å². The molecule has 2 rings (SSSR count). The molecule has 4 unspecified atom stereocenters. The highest BCUT2D eigenvalue weighted by Gasteiger charge is 2.65. The second-order valence-corrected chi connectivity index (χ2v) is 6.99. The first-order valence-corrected chi connectivity index (χ1v) is 7.09. The fraction of sp³-hybridized carbons (Fsp3) is 1.00. The summed E-state index contributed by atoms with van der Waals surface area (Å²) in [6, 6.07) is 0. The third-order valence-corrected chi connectivity index (χ3v) is 4.99. The van der Waals surface area contributed by atoms with Crippen molar-refractivity contribution in [1.82, 2.24) is 0 Å². The predicted octanol–water partition coefficient (Wildman–Crippen LogP) is 2.40. The van der Waals surface area contributed by atoms with Crippen LogP contribution in [0.15, 0.2) is 0 Å². The highest BCUT2D eigenvalue weighted by Crippen LogP contribution is 2.52. The monoisotopic (exact) mass is 272 g/mol. The zero-order valence-corrected chi connectivity index (χ0v) is 13.3. The average molecular weight is 272 g/mol. The molecule has 2 fully saturated rings. The van der Waals surface area contributed by atoms with Gasteiger partial charge in [0.2, 0.25) is 0 Å². The summed E-state index contributed by atoms with van der Waals surface area (Å²) in [5, 5.41) is 0. The first kappa shape index (κ1) is 15.2. The molecule has 0 aliphatic carbocycles. The average Bonchev–Trinajstić information content (AvgIpc) is 2.51. The van der Waals surface area contributed by atoms with Crippen LogP contribution in [0.1, 0.15) is 41.0 Å². The smallest absolute Gasteiger partial charge is 0.126 e. The van der Waals surface area contributed by atoms with E-state index in [9.17, 15) is 0 Å². The molecule has 4 atom stereocenters. The van der Waals surface area contributed by atoms with E-state index < -0.39 is 11.2 Å². The number of fused-ring (bicyclic) bond motifs is 2. The van der Waals surface area contributed by atoms with Crippen LogP contribution in [0.4, 0.5) is 0 Å². The van der Waals surface area contributed by atoms with Crippen LogP contribution in [-0.4, -0.2) is 49.8 Å². The molecule has 2 bridgehead atoms. The van der Waals surface area contributed by atoms with Crippen LogP contribution in [0, 0.1) is 5.92 Å². The van der Waals surface area contributed by atoms with Crippen molar-refractivity contribution in [2.75, 3.05) is 20.8 Å². The lowest BCUT2D eigenvalue weighted by Crippen LogP contribution is -2.60. The van der Waals surface area contributed by atoms with Crippen LogP contribution in [0.3, 0.4) is 0 Å². The second kappa shape index (κ2) is 4.69. The van der Waals surface area contributed by atoms with Gasteiger partial charge in [0.15, 0.2) is 0 Å². The lowest BCUT2D eigenvalue weighted by Gasteiger charge is -2.48. The van der Waals surface area contributed by atoms with E-state index in [1.165, 1.54) is 0 Å². The van der Waals surface area contributed by atoms with Crippen molar-refractivity contribution in [3.63, 3.8) is 0 Å². The van der Waals surface area contributed by atoms with Crippen molar-refractivity contribution < 1.29 is 18.9 Å². The molecule has 0 radical (unpaired) electrons. The van der Waals surface area contributed by atoms with Crippen LogP contribution in [0.5, 0.6) is 0 Å². The SMILES string of the molecule is COC1C2COC(C)(C)CC1(C(C)(C)OC)OC2C. The van der Waals surface area contributed by atoms with E-state index in [2.05, 4.69) is 34.6 Å². The van der Waals surface area contributed by atoms with Crippen LogP contribution in [0.2, 0.25) is 0 Å². The third kappa shape index (κ3) is 2.23. The number of hydrogen-bond donors (Lipinski definition) is 0. The Morgan fingerprint density at radius 1 is 1.21 bits per heavy atom. The Labute approximate surface area is 116 Å². The fourth-order valence-corrected chi connectivity index (χ4v) is 3.68. The normalized spacial score (nSPS) is 42.2. The Morgan fingerprint density at radius 3 is 2.37 bits per heavy atom. The highest BCUT2D eigenvalue weighted by atomic mass is 16.6. The van der Waals surface area contributed by atoms with Gasteiger partial charge in [-0.1, -0.05) is 0 Å². The van der Waals surface area contributed by atoms with Gasteiger partial charge in [0.1, 0.15) is 5.60 Å². The van der Waals surface area contributed by atoms with Gasteiger partial charge in [-0.2, -0.15) is 0 Å². The number of methoxy groups -OCH3 is 2. The molecule has 0 amide bonds. The van der Waals surface area contributed by atoms with Gasteiger partial charge in [0.05, 0.1) is 30.0 Å². The summed E-state index contributed by atoms with van der Waals surface area (Å²) in [7, 11) is 3.50. The molecule has 19 heavy (non-hydrogen) atoms. The van der Waals surface area contributed by atoms with Gasteiger partial charge in [-0.3, -0.25) is 0 Å². The number of hydrogen-bond acceptors (Lipinski definition) is 4. The lowest BCUT2D eigenvalue weighted by atomic mass is 9.73. The summed E-state index contributed by atoms with van der Waals surface area (Å²) >= 11 is 0. The van der Waals surface area contributed by atoms with Gasteiger partial charge in [0, 0.05) is 26.6 Å². The van der Waals surface area contributed by atoms with E-state index in [4.69, 9.17) is 18.9 Å². The van der Waals surface area contributed by atoms with E-state index in [1.807, 2.05) is 0 Å². The Morgan fingerprint density at radius 2 is 1.84 bits per heavy atom. The molecule has 4 heteroatoms. The first-order valence-electron chi connectivity index (χ1n) is 7.09. The van der Waals surface area contributed by atoms with Gasteiger partial charge < -0.3 is 18.9 Å². The van der Waals surface area contributed by atoms with Crippen molar-refractivity contribution in [1.29, 1.82) is 0 Å². The molecule has 4 nitrogen and oxygen atoms in total. The molecule has 2 saturated heterocycles. The van der Waals surface area contributed by atoms with Crippen LogP contribution in [0.25, 0.3) is 0 Å². The molecular weight excluding hydrogens is 244 g/mol. The summed E-state index contributed by atoms with van der Waals surface area (Å²) < 4.78 is 24.1. The van der Waals surface area contributed by atoms with Gasteiger partial charge in [-0.05, 0) is 34.6 Å². The molecule has 0 aromatic rings. The van der Waals surface area contributed by atoms with E-state index in [0.29, 0.717) is 6.61 Å². The van der Waals surface area contributed by atoms with Crippen molar-refractivity contribution in [3.05, 3.63) is 0 Å². The summed E-state index contributed by atoms with van der Waals surface area (Å²) in [5.41, 5.74) is -1.14. The maximum Gasteiger partial charge on any atom is 0.126 e. The van der Waals surface area contributed by atoms with Crippen molar-refractivity contribution in [2.24, 2.45) is 5.92 Å². The van der Waals surface area contributed by atoms with E-state index in [1.54, 1.807) is 14.2 Å². The van der Waals surface area contributed by atoms with Crippen molar-refractivity contribution in [2.45, 2.75) is 70.1 Å². The second-order valence-electron chi connectivity index (χ2n) is 6.99. The first-order chi connectivity index (χ1) is 8.69. The van der Waals surface area contributed by atoms with E-state index in [0.717, 1.165) is 6.42 Å². The minimum atomic E-state index is -0.472. The summed E-state index contributed by atoms with van der Waals surface area (Å²) in [5.74, 6) is 0.251. The molecule has 0 saturated carbocycles. The van der Waals surface area contributed by atoms with Crippen LogP contribution >= 0.6 is 0 Å². The fourth-order valence-electron chi connectivity index (χ4n) is 3.68. The molecule has 0 N–H and O–H groups in total. The molecule has 2 heterocycles. The molecule has 2 aliphatic heterocycles. The summed E-state index contributed by atoms with van der Waals surface area (Å²) in [6.07, 6.45) is 0.884. The Hall–Kier alpha value is -0.160. The van der Waals surface area contributed by atoms with Gasteiger partial charge >= 0.3 is 0 Å². The molecule has 112 valence electrons. The minimum absolute atomic E-state index is 0.000718. The Kier molecular flexibility index (Phi) is 3.76. The topological polar surface area (TPSA) is 36.9 Å². The molecule has 0 aromatic carbocycles. The zero-order chi connectivity index (χ0) is 14.5. The molecule has 0 spiro atoms. The van der Waals surface area contributed by atoms with Crippen LogP contribution < -0.4 is 0 Å². The van der Waals surface area contributed by atoms with E-state index in [-0.39, 0.29) is 23.7 Å². The van der Waals surface area contributed by atoms with Gasteiger partial charge in [-0.25, -0.2) is 0 Å². The zero-order valence-electron chi connectivity index (χ0n) is 13.3. The Balaban J connectivity index is 2.49. The van der Waals surface area contributed by atoms with Crippen molar-refractivity contribution >= 4 is 0 Å². The van der Waals surface area contributed by atoms with Gasteiger partial charge in [0.25, 0.3) is 0 Å². The molecular formula is C15H28O4. The highest BCUT2D eigenvalue weighted by molar-refractivity contribution is 5.13. The Bertz CT molecular complexity index is 339. The third-order valence-electron chi connectivity index (χ3n) is 4.99. The largest absolute Gasteiger partial charge is 0.378 e. The molecule has 0 aromatic heterocycles. The van der Waals surface area contributed by atoms with Crippen LogP contribution in [-0.2, 0) is 18.9 Å². The maximum absolute atomic E-state index is 6.42. The standard InChI is InChI=1S/C15H28O4/c1-10-11-8-18-13(2,3)9-15(19-10,12(11)16-6)14(4,5)17-7/h10-12H,8-9H2,1-7H3. The quantitative estimate of drug-likeness (QED) is 0.790. The predicted molar refractivity (Wildman–Crippen MR) is 73.3 cm³/mol. The lowest BCUT2D eigenvalue weighted by molar-refractivity contribution is -0.226. The number of rotatable bonds is 3. The summed E-state index contributed by atoms with van der Waals surface area (Å²) in [6.45, 7) is 11.2. The number of ether oxygens (including phenoxy) is 4. The molecule has 2 aliphatic rings. The van der Waals surface area contributed by atoms with E-state index >= 15 is 0 Å². The maximum atomic E-state index is 6.42.